The third kappa shape index (κ3) is 4.82. The molecule has 0 radical (unpaired) electrons. The van der Waals surface area contributed by atoms with Crippen LogP contribution in [-0.4, -0.2) is 19.6 Å². The van der Waals surface area contributed by atoms with Crippen LogP contribution in [0.3, 0.4) is 0 Å². The second-order valence-electron chi connectivity index (χ2n) is 11.6. The highest BCUT2D eigenvalue weighted by Crippen LogP contribution is 2.36. The molecule has 3 heterocycles. The second-order valence-corrected chi connectivity index (χ2v) is 11.6. The van der Waals surface area contributed by atoms with Crippen molar-refractivity contribution in [3.8, 4) is 56.4 Å². The number of aromatic nitrogens is 4. The standard InChI is InChI=1S/C42H28N4O/c1-5-13-29(14-6-1)37-27-39(31-17-9-3-10-18-31)45(43-37)33-21-23-41-35(25-33)36-26-34(22-24-42(36)47-41)46-40(32-19-11-4-12-20-32)28-38(44-46)30-15-7-2-8-16-30/h1-28H. The van der Waals surface area contributed by atoms with Gasteiger partial charge < -0.3 is 4.42 Å². The third-order valence-electron chi connectivity index (χ3n) is 8.62. The topological polar surface area (TPSA) is 48.8 Å². The Labute approximate surface area is 271 Å². The molecular weight excluding hydrogens is 576 g/mol. The summed E-state index contributed by atoms with van der Waals surface area (Å²) < 4.78 is 10.4. The zero-order chi connectivity index (χ0) is 31.2. The van der Waals surface area contributed by atoms with E-state index < -0.39 is 0 Å². The number of hydrogen-bond acceptors (Lipinski definition) is 3. The van der Waals surface area contributed by atoms with Crippen molar-refractivity contribution in [1.29, 1.82) is 0 Å². The molecule has 6 aromatic carbocycles. The fraction of sp³-hybridized carbons (Fsp3) is 0. The third-order valence-corrected chi connectivity index (χ3v) is 8.62. The summed E-state index contributed by atoms with van der Waals surface area (Å²) in [4.78, 5) is 0. The highest BCUT2D eigenvalue weighted by atomic mass is 16.3. The zero-order valence-electron chi connectivity index (χ0n) is 25.4. The molecule has 5 nitrogen and oxygen atoms in total. The molecule has 0 saturated carbocycles. The molecule has 0 fully saturated rings. The van der Waals surface area contributed by atoms with Gasteiger partial charge >= 0.3 is 0 Å². The van der Waals surface area contributed by atoms with E-state index in [1.807, 2.05) is 70.0 Å². The van der Waals surface area contributed by atoms with Crippen LogP contribution >= 0.6 is 0 Å². The SMILES string of the molecule is c1ccc(-c2cc(-c3ccccc3)n(-c3ccc4oc5ccc(-n6nc(-c7ccccc7)cc6-c6ccccc6)cc5c4c3)n2)cc1. The first-order chi connectivity index (χ1) is 23.3. The van der Waals surface area contributed by atoms with Gasteiger partial charge in [0, 0.05) is 33.0 Å². The Hall–Kier alpha value is -6.46. The van der Waals surface area contributed by atoms with Gasteiger partial charge in [0.15, 0.2) is 0 Å². The van der Waals surface area contributed by atoms with Gasteiger partial charge in [-0.3, -0.25) is 0 Å². The fourth-order valence-electron chi connectivity index (χ4n) is 6.30. The molecule has 9 aromatic rings. The van der Waals surface area contributed by atoms with Crippen molar-refractivity contribution in [2.75, 3.05) is 0 Å². The molecule has 0 amide bonds. The molecule has 0 aliphatic carbocycles. The molecule has 5 heteroatoms. The number of furan rings is 1. The minimum Gasteiger partial charge on any atom is -0.456 e. The molecule has 0 aliphatic heterocycles. The monoisotopic (exact) mass is 604 g/mol. The summed E-state index contributed by atoms with van der Waals surface area (Å²) in [5.74, 6) is 0. The average Bonchev–Trinajstić information content (AvgIpc) is 3.89. The number of fused-ring (bicyclic) bond motifs is 3. The lowest BCUT2D eigenvalue weighted by atomic mass is 10.1. The summed E-state index contributed by atoms with van der Waals surface area (Å²) in [6, 6.07) is 58.3. The van der Waals surface area contributed by atoms with Gasteiger partial charge in [0.1, 0.15) is 11.2 Å². The molecule has 0 saturated heterocycles. The molecule has 0 atom stereocenters. The van der Waals surface area contributed by atoms with Gasteiger partial charge in [0.25, 0.3) is 0 Å². The lowest BCUT2D eigenvalue weighted by molar-refractivity contribution is 0.668. The Morgan fingerprint density at radius 2 is 0.723 bits per heavy atom. The van der Waals surface area contributed by atoms with Crippen LogP contribution in [0.2, 0.25) is 0 Å². The van der Waals surface area contributed by atoms with Gasteiger partial charge in [0.2, 0.25) is 0 Å². The van der Waals surface area contributed by atoms with E-state index in [0.717, 1.165) is 78.3 Å². The van der Waals surface area contributed by atoms with Crippen LogP contribution in [0.5, 0.6) is 0 Å². The molecule has 9 rings (SSSR count). The molecule has 0 aliphatic rings. The molecule has 3 aromatic heterocycles. The maximum atomic E-state index is 6.35. The predicted octanol–water partition coefficient (Wildman–Crippen LogP) is 10.6. The van der Waals surface area contributed by atoms with E-state index in [9.17, 15) is 0 Å². The minimum atomic E-state index is 0.825. The van der Waals surface area contributed by atoms with Crippen LogP contribution < -0.4 is 0 Å². The van der Waals surface area contributed by atoms with E-state index in [-0.39, 0.29) is 0 Å². The Balaban J connectivity index is 1.21. The normalized spacial score (nSPS) is 11.4. The van der Waals surface area contributed by atoms with E-state index in [4.69, 9.17) is 14.6 Å². The van der Waals surface area contributed by atoms with Gasteiger partial charge in [-0.15, -0.1) is 0 Å². The summed E-state index contributed by atoms with van der Waals surface area (Å²) in [5.41, 5.74) is 11.8. The van der Waals surface area contributed by atoms with Crippen molar-refractivity contribution in [2.24, 2.45) is 0 Å². The van der Waals surface area contributed by atoms with Gasteiger partial charge in [-0.25, -0.2) is 9.36 Å². The maximum absolute atomic E-state index is 6.35. The van der Waals surface area contributed by atoms with E-state index in [2.05, 4.69) is 109 Å². The average molecular weight is 605 g/mol. The van der Waals surface area contributed by atoms with Crippen molar-refractivity contribution < 1.29 is 4.42 Å². The molecule has 0 N–H and O–H groups in total. The van der Waals surface area contributed by atoms with Crippen molar-refractivity contribution in [2.45, 2.75) is 0 Å². The van der Waals surface area contributed by atoms with Crippen LogP contribution in [0.4, 0.5) is 0 Å². The van der Waals surface area contributed by atoms with Crippen molar-refractivity contribution in [1.82, 2.24) is 19.6 Å². The fourth-order valence-corrected chi connectivity index (χ4v) is 6.30. The maximum Gasteiger partial charge on any atom is 0.135 e. The largest absolute Gasteiger partial charge is 0.456 e. The summed E-state index contributed by atoms with van der Waals surface area (Å²) in [7, 11) is 0. The van der Waals surface area contributed by atoms with Crippen molar-refractivity contribution in [3.05, 3.63) is 170 Å². The smallest absolute Gasteiger partial charge is 0.135 e. The Morgan fingerprint density at radius 3 is 1.11 bits per heavy atom. The molecule has 222 valence electrons. The molecule has 0 unspecified atom stereocenters. The van der Waals surface area contributed by atoms with Crippen molar-refractivity contribution >= 4 is 21.9 Å². The first kappa shape index (κ1) is 26.9. The van der Waals surface area contributed by atoms with Gasteiger partial charge in [-0.05, 0) is 48.5 Å². The minimum absolute atomic E-state index is 0.825. The second kappa shape index (κ2) is 11.2. The van der Waals surface area contributed by atoms with Gasteiger partial charge in [0.05, 0.1) is 34.2 Å². The van der Waals surface area contributed by atoms with E-state index in [1.54, 1.807) is 0 Å². The van der Waals surface area contributed by atoms with Crippen molar-refractivity contribution in [3.63, 3.8) is 0 Å². The van der Waals surface area contributed by atoms with E-state index >= 15 is 0 Å². The van der Waals surface area contributed by atoms with Crippen LogP contribution in [-0.2, 0) is 0 Å². The summed E-state index contributed by atoms with van der Waals surface area (Å²) >= 11 is 0. The van der Waals surface area contributed by atoms with Crippen LogP contribution in [0, 0.1) is 0 Å². The summed E-state index contributed by atoms with van der Waals surface area (Å²) in [5, 5.41) is 12.3. The number of hydrogen-bond donors (Lipinski definition) is 0. The lowest BCUT2D eigenvalue weighted by Gasteiger charge is -2.09. The van der Waals surface area contributed by atoms with Crippen LogP contribution in [0.1, 0.15) is 0 Å². The van der Waals surface area contributed by atoms with E-state index in [0.29, 0.717) is 0 Å². The van der Waals surface area contributed by atoms with E-state index in [1.165, 1.54) is 0 Å². The Kier molecular flexibility index (Phi) is 6.39. The Bertz CT molecular complexity index is 2320. The van der Waals surface area contributed by atoms with Gasteiger partial charge in [-0.2, -0.15) is 10.2 Å². The highest BCUT2D eigenvalue weighted by Gasteiger charge is 2.18. The quantitative estimate of drug-likeness (QED) is 0.190. The summed E-state index contributed by atoms with van der Waals surface area (Å²) in [6.07, 6.45) is 0. The van der Waals surface area contributed by atoms with Crippen LogP contribution in [0.25, 0.3) is 78.3 Å². The first-order valence-electron chi connectivity index (χ1n) is 15.7. The molecular formula is C42H28N4O. The Morgan fingerprint density at radius 1 is 0.362 bits per heavy atom. The molecule has 0 spiro atoms. The zero-order valence-corrected chi connectivity index (χ0v) is 25.4. The number of rotatable bonds is 6. The first-order valence-corrected chi connectivity index (χ1v) is 15.7. The predicted molar refractivity (Wildman–Crippen MR) is 190 cm³/mol. The molecule has 47 heavy (non-hydrogen) atoms. The number of benzene rings is 6. The molecule has 0 bridgehead atoms. The summed E-state index contributed by atoms with van der Waals surface area (Å²) in [6.45, 7) is 0. The van der Waals surface area contributed by atoms with Crippen LogP contribution in [0.15, 0.2) is 174 Å². The van der Waals surface area contributed by atoms with Gasteiger partial charge in [-0.1, -0.05) is 121 Å². The number of nitrogens with zero attached hydrogens (tertiary/aromatic N) is 4. The lowest BCUT2D eigenvalue weighted by Crippen LogP contribution is -1.99. The highest BCUT2D eigenvalue weighted by molar-refractivity contribution is 6.06.